The molecule has 1 N–H and O–H groups in total. The second-order valence-corrected chi connectivity index (χ2v) is 6.12. The standard InChI is InChI=1S/C13H17N3O2S/c17-12-7-9(8-16(12)10-1-2-10)13(18)15-4-3-11-14-5-6-19-11/h5-6,9-10H,1-4,7-8H2,(H,15,18)/t9-/m0/s1. The first-order valence-corrected chi connectivity index (χ1v) is 7.57. The second kappa shape index (κ2) is 5.28. The fourth-order valence-corrected chi connectivity index (χ4v) is 3.08. The smallest absolute Gasteiger partial charge is 0.225 e. The van der Waals surface area contributed by atoms with Gasteiger partial charge in [0, 0.05) is 43.5 Å². The molecule has 1 saturated heterocycles. The van der Waals surface area contributed by atoms with Gasteiger partial charge in [0.25, 0.3) is 0 Å². The van der Waals surface area contributed by atoms with Crippen molar-refractivity contribution in [1.82, 2.24) is 15.2 Å². The Morgan fingerprint density at radius 3 is 3.05 bits per heavy atom. The molecule has 2 aliphatic rings. The monoisotopic (exact) mass is 279 g/mol. The molecular weight excluding hydrogens is 262 g/mol. The fraction of sp³-hybridized carbons (Fsp3) is 0.615. The molecule has 19 heavy (non-hydrogen) atoms. The van der Waals surface area contributed by atoms with E-state index < -0.39 is 0 Å². The molecule has 0 spiro atoms. The van der Waals surface area contributed by atoms with E-state index in [1.54, 1.807) is 17.5 Å². The minimum absolute atomic E-state index is 0.00746. The van der Waals surface area contributed by atoms with Crippen molar-refractivity contribution in [3.8, 4) is 0 Å². The van der Waals surface area contributed by atoms with Crippen LogP contribution in [0.1, 0.15) is 24.3 Å². The molecule has 1 saturated carbocycles. The minimum Gasteiger partial charge on any atom is -0.355 e. The van der Waals surface area contributed by atoms with E-state index in [2.05, 4.69) is 10.3 Å². The number of carbonyl (C=O) groups excluding carboxylic acids is 2. The van der Waals surface area contributed by atoms with Gasteiger partial charge in [-0.2, -0.15) is 0 Å². The zero-order valence-corrected chi connectivity index (χ0v) is 11.5. The van der Waals surface area contributed by atoms with Gasteiger partial charge >= 0.3 is 0 Å². The minimum atomic E-state index is -0.163. The van der Waals surface area contributed by atoms with Gasteiger partial charge in [-0.25, -0.2) is 4.98 Å². The summed E-state index contributed by atoms with van der Waals surface area (Å²) < 4.78 is 0. The number of rotatable bonds is 5. The van der Waals surface area contributed by atoms with Crippen LogP contribution in [-0.4, -0.2) is 40.8 Å². The normalized spacial score (nSPS) is 22.8. The van der Waals surface area contributed by atoms with E-state index in [0.717, 1.165) is 24.3 Å². The van der Waals surface area contributed by atoms with Crippen LogP contribution in [-0.2, 0) is 16.0 Å². The first-order chi connectivity index (χ1) is 9.24. The van der Waals surface area contributed by atoms with Gasteiger partial charge in [0.2, 0.25) is 11.8 Å². The van der Waals surface area contributed by atoms with E-state index in [4.69, 9.17) is 0 Å². The van der Waals surface area contributed by atoms with Crippen LogP contribution in [0.15, 0.2) is 11.6 Å². The van der Waals surface area contributed by atoms with Crippen molar-refractivity contribution < 1.29 is 9.59 Å². The molecule has 1 aliphatic carbocycles. The highest BCUT2D eigenvalue weighted by atomic mass is 32.1. The van der Waals surface area contributed by atoms with Crippen LogP contribution in [0.2, 0.25) is 0 Å². The Morgan fingerprint density at radius 1 is 1.53 bits per heavy atom. The van der Waals surface area contributed by atoms with Gasteiger partial charge in [0.1, 0.15) is 0 Å². The lowest BCUT2D eigenvalue weighted by Gasteiger charge is -2.15. The van der Waals surface area contributed by atoms with Crippen molar-refractivity contribution in [3.63, 3.8) is 0 Å². The summed E-state index contributed by atoms with van der Waals surface area (Å²) in [5, 5.41) is 5.87. The van der Waals surface area contributed by atoms with Gasteiger partial charge in [-0.3, -0.25) is 9.59 Å². The lowest BCUT2D eigenvalue weighted by molar-refractivity contribution is -0.129. The molecule has 6 heteroatoms. The summed E-state index contributed by atoms with van der Waals surface area (Å²) in [5.41, 5.74) is 0. The fourth-order valence-electron chi connectivity index (χ4n) is 2.46. The number of thiazole rings is 1. The number of carbonyl (C=O) groups is 2. The maximum atomic E-state index is 12.0. The summed E-state index contributed by atoms with van der Waals surface area (Å²) in [6.07, 6.45) is 5.11. The third-order valence-electron chi connectivity index (χ3n) is 3.64. The number of nitrogens with zero attached hydrogens (tertiary/aromatic N) is 2. The second-order valence-electron chi connectivity index (χ2n) is 5.15. The molecule has 0 unspecified atom stereocenters. The van der Waals surface area contributed by atoms with E-state index in [0.29, 0.717) is 25.6 Å². The van der Waals surface area contributed by atoms with Gasteiger partial charge in [0.05, 0.1) is 10.9 Å². The van der Waals surface area contributed by atoms with E-state index in [9.17, 15) is 9.59 Å². The van der Waals surface area contributed by atoms with E-state index in [1.807, 2.05) is 10.3 Å². The molecule has 0 bridgehead atoms. The molecule has 1 aromatic heterocycles. The largest absolute Gasteiger partial charge is 0.355 e. The predicted molar refractivity (Wildman–Crippen MR) is 71.7 cm³/mol. The first-order valence-electron chi connectivity index (χ1n) is 6.69. The van der Waals surface area contributed by atoms with Crippen molar-refractivity contribution in [2.75, 3.05) is 13.1 Å². The van der Waals surface area contributed by atoms with Gasteiger partial charge in [-0.15, -0.1) is 11.3 Å². The van der Waals surface area contributed by atoms with Crippen LogP contribution in [0.3, 0.4) is 0 Å². The third kappa shape index (κ3) is 2.94. The van der Waals surface area contributed by atoms with Crippen LogP contribution in [0.4, 0.5) is 0 Å². The Morgan fingerprint density at radius 2 is 2.37 bits per heavy atom. The number of likely N-dealkylation sites (tertiary alicyclic amines) is 1. The summed E-state index contributed by atoms with van der Waals surface area (Å²) in [6.45, 7) is 1.20. The molecule has 3 rings (SSSR count). The van der Waals surface area contributed by atoms with Crippen molar-refractivity contribution in [2.24, 2.45) is 5.92 Å². The summed E-state index contributed by atoms with van der Waals surface area (Å²) in [5.74, 6) is -0.0139. The molecule has 2 fully saturated rings. The van der Waals surface area contributed by atoms with E-state index >= 15 is 0 Å². The first kappa shape index (κ1) is 12.6. The number of hydrogen-bond donors (Lipinski definition) is 1. The molecule has 102 valence electrons. The Hall–Kier alpha value is -1.43. The Bertz CT molecular complexity index is 470. The van der Waals surface area contributed by atoms with Crippen LogP contribution < -0.4 is 5.32 Å². The highest BCUT2D eigenvalue weighted by Crippen LogP contribution is 2.32. The number of amides is 2. The maximum Gasteiger partial charge on any atom is 0.225 e. The zero-order valence-electron chi connectivity index (χ0n) is 10.7. The summed E-state index contributed by atoms with van der Waals surface area (Å²) in [6, 6.07) is 0.417. The molecule has 1 atom stereocenters. The SMILES string of the molecule is O=C(NCCc1nccs1)[C@H]1CC(=O)N(C2CC2)C1. The van der Waals surface area contributed by atoms with Gasteiger partial charge in [0.15, 0.2) is 0 Å². The molecule has 1 aliphatic heterocycles. The summed E-state index contributed by atoms with van der Waals surface area (Å²) in [7, 11) is 0. The average Bonchev–Trinajstić information content (AvgIpc) is 2.96. The lowest BCUT2D eigenvalue weighted by Crippen LogP contribution is -2.34. The number of nitrogens with one attached hydrogen (secondary N) is 1. The molecular formula is C13H17N3O2S. The molecule has 2 heterocycles. The van der Waals surface area contributed by atoms with Crippen LogP contribution >= 0.6 is 11.3 Å². The van der Waals surface area contributed by atoms with Crippen molar-refractivity contribution in [2.45, 2.75) is 31.7 Å². The number of aromatic nitrogens is 1. The Kier molecular flexibility index (Phi) is 3.50. The zero-order chi connectivity index (χ0) is 13.2. The van der Waals surface area contributed by atoms with Gasteiger partial charge in [-0.1, -0.05) is 0 Å². The quantitative estimate of drug-likeness (QED) is 0.867. The van der Waals surface area contributed by atoms with Gasteiger partial charge < -0.3 is 10.2 Å². The number of hydrogen-bond acceptors (Lipinski definition) is 4. The highest BCUT2D eigenvalue weighted by Gasteiger charge is 2.41. The molecule has 5 nitrogen and oxygen atoms in total. The van der Waals surface area contributed by atoms with E-state index in [1.165, 1.54) is 0 Å². The predicted octanol–water partition coefficient (Wildman–Crippen LogP) is 0.813. The van der Waals surface area contributed by atoms with Crippen molar-refractivity contribution >= 4 is 23.2 Å². The van der Waals surface area contributed by atoms with Crippen LogP contribution in [0.25, 0.3) is 0 Å². The van der Waals surface area contributed by atoms with Gasteiger partial charge in [-0.05, 0) is 12.8 Å². The van der Waals surface area contributed by atoms with Crippen molar-refractivity contribution in [3.05, 3.63) is 16.6 Å². The lowest BCUT2D eigenvalue weighted by atomic mass is 10.1. The Labute approximate surface area is 116 Å². The molecule has 2 amide bonds. The van der Waals surface area contributed by atoms with E-state index in [-0.39, 0.29) is 17.7 Å². The Balaban J connectivity index is 1.44. The molecule has 0 radical (unpaired) electrons. The topological polar surface area (TPSA) is 62.3 Å². The summed E-state index contributed by atoms with van der Waals surface area (Å²) >= 11 is 1.60. The van der Waals surface area contributed by atoms with Crippen molar-refractivity contribution in [1.29, 1.82) is 0 Å². The highest BCUT2D eigenvalue weighted by molar-refractivity contribution is 7.09. The third-order valence-corrected chi connectivity index (χ3v) is 4.48. The molecule has 0 aromatic carbocycles. The molecule has 1 aromatic rings. The maximum absolute atomic E-state index is 12.0. The summed E-state index contributed by atoms with van der Waals surface area (Å²) in [4.78, 5) is 29.8. The average molecular weight is 279 g/mol. The van der Waals surface area contributed by atoms with Crippen LogP contribution in [0, 0.1) is 5.92 Å². The van der Waals surface area contributed by atoms with Crippen LogP contribution in [0.5, 0.6) is 0 Å².